The molecule has 3 heterocycles. The molecular weight excluding hydrogens is 416 g/mol. The Kier molecular flexibility index (Phi) is 4.87. The largest absolute Gasteiger partial charge is 0.453 e. The van der Waals surface area contributed by atoms with Crippen molar-refractivity contribution in [2.75, 3.05) is 44.7 Å². The molecule has 0 atom stereocenters. The first-order valence-corrected chi connectivity index (χ1v) is 10.8. The van der Waals surface area contributed by atoms with Crippen LogP contribution in [-0.4, -0.2) is 55.1 Å². The number of aromatic nitrogens is 1. The second-order valence-electron chi connectivity index (χ2n) is 7.95. The minimum absolute atomic E-state index is 0.110. The summed E-state index contributed by atoms with van der Waals surface area (Å²) in [5, 5.41) is 3.77. The van der Waals surface area contributed by atoms with Crippen LogP contribution in [0.3, 0.4) is 0 Å². The standard InChI is InChI=1S/C23H23ClN4O3/c1-3-25-23(30)17-13-28-18-5-4-14(24)10-19(18)31-20-12-15(11-16(21(20)28)22(17)29)27-8-6-26(2)7-9-27/h4-5,10-13H,3,6-9H2,1-2H3,(H,25,30). The van der Waals surface area contributed by atoms with Crippen molar-refractivity contribution in [1.82, 2.24) is 14.8 Å². The van der Waals surface area contributed by atoms with Crippen LogP contribution in [0.2, 0.25) is 5.02 Å². The van der Waals surface area contributed by atoms with Crippen LogP contribution in [-0.2, 0) is 0 Å². The maximum absolute atomic E-state index is 13.4. The Bertz CT molecular complexity index is 1260. The first-order valence-electron chi connectivity index (χ1n) is 10.4. The molecule has 3 aromatic rings. The Morgan fingerprint density at radius 2 is 1.90 bits per heavy atom. The Labute approximate surface area is 184 Å². The Balaban J connectivity index is 1.77. The van der Waals surface area contributed by atoms with Crippen molar-refractivity contribution in [3.8, 4) is 17.2 Å². The lowest BCUT2D eigenvalue weighted by Gasteiger charge is -2.35. The van der Waals surface area contributed by atoms with Gasteiger partial charge in [0, 0.05) is 61.8 Å². The van der Waals surface area contributed by atoms with Crippen molar-refractivity contribution in [1.29, 1.82) is 0 Å². The number of hydrogen-bond acceptors (Lipinski definition) is 5. The molecule has 8 heteroatoms. The highest BCUT2D eigenvalue weighted by Crippen LogP contribution is 2.42. The van der Waals surface area contributed by atoms with E-state index in [2.05, 4.69) is 22.2 Å². The molecule has 7 nitrogen and oxygen atoms in total. The number of rotatable bonds is 3. The molecule has 1 N–H and O–H groups in total. The van der Waals surface area contributed by atoms with E-state index >= 15 is 0 Å². The van der Waals surface area contributed by atoms with Crippen LogP contribution >= 0.6 is 11.6 Å². The average Bonchev–Trinajstić information content (AvgIpc) is 2.75. The summed E-state index contributed by atoms with van der Waals surface area (Å²) in [7, 11) is 2.10. The number of piperazine rings is 1. The predicted molar refractivity (Wildman–Crippen MR) is 122 cm³/mol. The fourth-order valence-electron chi connectivity index (χ4n) is 4.23. The van der Waals surface area contributed by atoms with Gasteiger partial charge in [0.1, 0.15) is 11.1 Å². The molecule has 2 aliphatic rings. The molecule has 160 valence electrons. The monoisotopic (exact) mass is 438 g/mol. The van der Waals surface area contributed by atoms with Crippen molar-refractivity contribution < 1.29 is 9.53 Å². The zero-order valence-electron chi connectivity index (χ0n) is 17.4. The van der Waals surface area contributed by atoms with Crippen molar-refractivity contribution in [3.05, 3.63) is 57.3 Å². The molecule has 0 radical (unpaired) electrons. The second kappa shape index (κ2) is 7.59. The van der Waals surface area contributed by atoms with Crippen LogP contribution in [0, 0.1) is 0 Å². The number of nitrogens with one attached hydrogen (secondary N) is 1. The number of fused-ring (bicyclic) bond motifs is 2. The number of nitrogens with zero attached hydrogens (tertiary/aromatic N) is 3. The van der Waals surface area contributed by atoms with Gasteiger partial charge in [-0.25, -0.2) is 0 Å². The van der Waals surface area contributed by atoms with Gasteiger partial charge in [-0.1, -0.05) is 11.6 Å². The molecule has 0 unspecified atom stereocenters. The summed E-state index contributed by atoms with van der Waals surface area (Å²) < 4.78 is 8.06. The van der Waals surface area contributed by atoms with Gasteiger partial charge in [0.2, 0.25) is 5.43 Å². The average molecular weight is 439 g/mol. The number of hydrogen-bond donors (Lipinski definition) is 1. The smallest absolute Gasteiger partial charge is 0.256 e. The van der Waals surface area contributed by atoms with Crippen molar-refractivity contribution in [3.63, 3.8) is 0 Å². The molecule has 0 bridgehead atoms. The predicted octanol–water partition coefficient (Wildman–Crippen LogP) is 3.25. The highest BCUT2D eigenvalue weighted by atomic mass is 35.5. The molecule has 1 amide bonds. The first-order chi connectivity index (χ1) is 15.0. The minimum atomic E-state index is -0.383. The van der Waals surface area contributed by atoms with Gasteiger partial charge in [-0.3, -0.25) is 9.59 Å². The Morgan fingerprint density at radius 3 is 2.65 bits per heavy atom. The highest BCUT2D eigenvalue weighted by Gasteiger charge is 2.26. The summed E-state index contributed by atoms with van der Waals surface area (Å²) in [6.07, 6.45) is 1.60. The Hall–Kier alpha value is -3.03. The molecule has 1 fully saturated rings. The normalized spacial score (nSPS) is 15.5. The first kappa shape index (κ1) is 19.9. The number of pyridine rings is 1. The number of amides is 1. The number of ether oxygens (including phenoxy) is 1. The van der Waals surface area contributed by atoms with Crippen molar-refractivity contribution in [2.45, 2.75) is 6.92 Å². The summed E-state index contributed by atoms with van der Waals surface area (Å²) in [5.74, 6) is 0.787. The summed E-state index contributed by atoms with van der Waals surface area (Å²) >= 11 is 6.21. The quantitative estimate of drug-likeness (QED) is 0.532. The van der Waals surface area contributed by atoms with Crippen molar-refractivity contribution >= 4 is 34.1 Å². The molecule has 2 aromatic carbocycles. The lowest BCUT2D eigenvalue weighted by atomic mass is 10.1. The third-order valence-corrected chi connectivity index (χ3v) is 6.13. The molecular formula is C23H23ClN4O3. The number of carbonyl (C=O) groups is 1. The second-order valence-corrected chi connectivity index (χ2v) is 8.38. The van der Waals surface area contributed by atoms with Crippen LogP contribution in [0.15, 0.2) is 41.3 Å². The van der Waals surface area contributed by atoms with E-state index in [4.69, 9.17) is 16.3 Å². The van der Waals surface area contributed by atoms with Gasteiger partial charge in [0.05, 0.1) is 11.1 Å². The molecule has 1 saturated heterocycles. The van der Waals surface area contributed by atoms with E-state index in [1.165, 1.54) is 0 Å². The van der Waals surface area contributed by atoms with Gasteiger partial charge in [0.15, 0.2) is 11.5 Å². The van der Waals surface area contributed by atoms with Crippen LogP contribution in [0.1, 0.15) is 17.3 Å². The van der Waals surface area contributed by atoms with Crippen LogP contribution in [0.5, 0.6) is 11.5 Å². The zero-order valence-corrected chi connectivity index (χ0v) is 18.2. The van der Waals surface area contributed by atoms with Gasteiger partial charge in [-0.05, 0) is 32.2 Å². The molecule has 0 saturated carbocycles. The third-order valence-electron chi connectivity index (χ3n) is 5.90. The summed E-state index contributed by atoms with van der Waals surface area (Å²) in [6.45, 7) is 5.86. The molecule has 0 spiro atoms. The maximum atomic E-state index is 13.4. The van der Waals surface area contributed by atoms with Crippen LogP contribution < -0.4 is 20.4 Å². The van der Waals surface area contributed by atoms with Gasteiger partial charge >= 0.3 is 0 Å². The molecule has 5 rings (SSSR count). The summed E-state index contributed by atoms with van der Waals surface area (Å²) in [4.78, 5) is 30.6. The van der Waals surface area contributed by atoms with E-state index in [-0.39, 0.29) is 16.9 Å². The molecule has 2 aliphatic heterocycles. The van der Waals surface area contributed by atoms with E-state index < -0.39 is 0 Å². The molecule has 31 heavy (non-hydrogen) atoms. The fraction of sp³-hybridized carbons (Fsp3) is 0.304. The summed E-state index contributed by atoms with van der Waals surface area (Å²) in [5.41, 5.74) is 2.12. The third kappa shape index (κ3) is 3.34. The lowest BCUT2D eigenvalue weighted by molar-refractivity contribution is 0.0954. The minimum Gasteiger partial charge on any atom is -0.453 e. The summed E-state index contributed by atoms with van der Waals surface area (Å²) in [6, 6.07) is 9.21. The molecule has 1 aromatic heterocycles. The van der Waals surface area contributed by atoms with E-state index in [1.807, 2.05) is 29.7 Å². The topological polar surface area (TPSA) is 66.8 Å². The van der Waals surface area contributed by atoms with Gasteiger partial charge < -0.3 is 24.4 Å². The molecule has 0 aliphatic carbocycles. The van der Waals surface area contributed by atoms with Crippen LogP contribution in [0.4, 0.5) is 5.69 Å². The SMILES string of the molecule is CCNC(=O)c1cn2c3c(cc(N4CCN(C)CC4)cc3c1=O)Oc1cc(Cl)ccc1-2. The number of likely N-dealkylation sites (N-methyl/N-ethyl adjacent to an activating group) is 1. The van der Waals surface area contributed by atoms with E-state index in [0.717, 1.165) is 37.6 Å². The van der Waals surface area contributed by atoms with Crippen LogP contribution in [0.25, 0.3) is 16.6 Å². The Morgan fingerprint density at radius 1 is 1.13 bits per heavy atom. The number of anilines is 1. The maximum Gasteiger partial charge on any atom is 0.256 e. The van der Waals surface area contributed by atoms with Crippen molar-refractivity contribution in [2.24, 2.45) is 0 Å². The highest BCUT2D eigenvalue weighted by molar-refractivity contribution is 6.30. The number of halogens is 1. The van der Waals surface area contributed by atoms with Gasteiger partial charge in [-0.15, -0.1) is 0 Å². The zero-order chi connectivity index (χ0) is 21.7. The fourth-order valence-corrected chi connectivity index (χ4v) is 4.39. The van der Waals surface area contributed by atoms with Gasteiger partial charge in [0.25, 0.3) is 5.91 Å². The van der Waals surface area contributed by atoms with Gasteiger partial charge in [-0.2, -0.15) is 0 Å². The lowest BCUT2D eigenvalue weighted by Crippen LogP contribution is -2.44. The van der Waals surface area contributed by atoms with E-state index in [1.54, 1.807) is 18.3 Å². The number of benzene rings is 2. The number of carbonyl (C=O) groups excluding carboxylic acids is 1. The van der Waals surface area contributed by atoms with E-state index in [9.17, 15) is 9.59 Å². The van der Waals surface area contributed by atoms with E-state index in [0.29, 0.717) is 34.0 Å².